The van der Waals surface area contributed by atoms with Crippen LogP contribution in [0.4, 0.5) is 0 Å². The standard InChI is InChI=1S/C13H17ClN2O2/c1-9(10-4-2-3-5-11(10)14)16-7-6-13(15,8-16)12(17)18/h2-5,9H,6-8,15H2,1H3,(H,17,18). The van der Waals surface area contributed by atoms with Gasteiger partial charge in [0.15, 0.2) is 0 Å². The Morgan fingerprint density at radius 2 is 2.22 bits per heavy atom. The molecule has 0 bridgehead atoms. The number of benzene rings is 1. The van der Waals surface area contributed by atoms with E-state index < -0.39 is 11.5 Å². The fourth-order valence-corrected chi connectivity index (χ4v) is 2.67. The van der Waals surface area contributed by atoms with Crippen molar-refractivity contribution in [3.8, 4) is 0 Å². The minimum absolute atomic E-state index is 0.0727. The molecule has 0 aromatic heterocycles. The zero-order chi connectivity index (χ0) is 13.3. The van der Waals surface area contributed by atoms with Crippen molar-refractivity contribution in [3.63, 3.8) is 0 Å². The summed E-state index contributed by atoms with van der Waals surface area (Å²) >= 11 is 6.16. The maximum Gasteiger partial charge on any atom is 0.325 e. The molecule has 4 nitrogen and oxygen atoms in total. The van der Waals surface area contributed by atoms with Gasteiger partial charge in [-0.1, -0.05) is 29.8 Å². The second-order valence-corrected chi connectivity index (χ2v) is 5.29. The van der Waals surface area contributed by atoms with E-state index >= 15 is 0 Å². The lowest BCUT2D eigenvalue weighted by atomic mass is 10.0. The van der Waals surface area contributed by atoms with Crippen LogP contribution in [0.5, 0.6) is 0 Å². The molecule has 1 aliphatic rings. The fraction of sp³-hybridized carbons (Fsp3) is 0.462. The number of halogens is 1. The number of nitrogens with two attached hydrogens (primary N) is 1. The third kappa shape index (κ3) is 2.36. The van der Waals surface area contributed by atoms with Gasteiger partial charge in [0, 0.05) is 24.2 Å². The number of nitrogens with zero attached hydrogens (tertiary/aromatic N) is 1. The first kappa shape index (κ1) is 13.3. The topological polar surface area (TPSA) is 66.6 Å². The summed E-state index contributed by atoms with van der Waals surface area (Å²) in [7, 11) is 0. The van der Waals surface area contributed by atoms with Crippen LogP contribution in [0, 0.1) is 0 Å². The Balaban J connectivity index is 2.15. The highest BCUT2D eigenvalue weighted by Gasteiger charge is 2.42. The molecular formula is C13H17ClN2O2. The predicted octanol–water partition coefficient (Wildman–Crippen LogP) is 1.89. The molecule has 1 fully saturated rings. The number of rotatable bonds is 3. The maximum atomic E-state index is 11.1. The van der Waals surface area contributed by atoms with Crippen molar-refractivity contribution in [2.24, 2.45) is 5.73 Å². The molecule has 1 aromatic carbocycles. The van der Waals surface area contributed by atoms with Gasteiger partial charge in [-0.05, 0) is 25.0 Å². The number of carboxylic acids is 1. The Hall–Kier alpha value is -1.10. The molecule has 0 spiro atoms. The second-order valence-electron chi connectivity index (χ2n) is 4.88. The molecule has 0 radical (unpaired) electrons. The molecule has 1 aromatic rings. The van der Waals surface area contributed by atoms with Gasteiger partial charge in [0.2, 0.25) is 0 Å². The Morgan fingerprint density at radius 3 is 2.78 bits per heavy atom. The van der Waals surface area contributed by atoms with Crippen LogP contribution in [-0.4, -0.2) is 34.6 Å². The van der Waals surface area contributed by atoms with Crippen LogP contribution in [0.2, 0.25) is 5.02 Å². The van der Waals surface area contributed by atoms with E-state index in [4.69, 9.17) is 22.4 Å². The van der Waals surface area contributed by atoms with Crippen LogP contribution in [0.1, 0.15) is 24.9 Å². The van der Waals surface area contributed by atoms with Crippen molar-refractivity contribution in [2.75, 3.05) is 13.1 Å². The van der Waals surface area contributed by atoms with E-state index in [1.807, 2.05) is 31.2 Å². The minimum Gasteiger partial charge on any atom is -0.480 e. The Labute approximate surface area is 111 Å². The van der Waals surface area contributed by atoms with Crippen molar-refractivity contribution in [2.45, 2.75) is 24.9 Å². The van der Waals surface area contributed by atoms with Gasteiger partial charge in [0.25, 0.3) is 0 Å². The van der Waals surface area contributed by atoms with Gasteiger partial charge in [0.05, 0.1) is 0 Å². The molecule has 3 N–H and O–H groups in total. The number of carbonyl (C=O) groups is 1. The van der Waals surface area contributed by atoms with E-state index in [-0.39, 0.29) is 6.04 Å². The van der Waals surface area contributed by atoms with Crippen LogP contribution < -0.4 is 5.73 Å². The number of likely N-dealkylation sites (tertiary alicyclic amines) is 1. The highest BCUT2D eigenvalue weighted by atomic mass is 35.5. The van der Waals surface area contributed by atoms with E-state index in [2.05, 4.69) is 4.90 Å². The van der Waals surface area contributed by atoms with E-state index in [0.29, 0.717) is 24.5 Å². The SMILES string of the molecule is CC(c1ccccc1Cl)N1CCC(N)(C(=O)O)C1. The van der Waals surface area contributed by atoms with Crippen LogP contribution in [-0.2, 0) is 4.79 Å². The largest absolute Gasteiger partial charge is 0.480 e. The molecular weight excluding hydrogens is 252 g/mol. The summed E-state index contributed by atoms with van der Waals surface area (Å²) < 4.78 is 0. The van der Waals surface area contributed by atoms with Crippen LogP contribution in [0.15, 0.2) is 24.3 Å². The summed E-state index contributed by atoms with van der Waals surface area (Å²) in [5, 5.41) is 9.82. The van der Waals surface area contributed by atoms with Crippen molar-refractivity contribution in [3.05, 3.63) is 34.9 Å². The Bertz CT molecular complexity index is 466. The molecule has 1 heterocycles. The summed E-state index contributed by atoms with van der Waals surface area (Å²) in [5.41, 5.74) is 5.75. The van der Waals surface area contributed by atoms with Gasteiger partial charge in [-0.25, -0.2) is 0 Å². The Kier molecular flexibility index (Phi) is 3.61. The minimum atomic E-state index is -1.13. The van der Waals surface area contributed by atoms with E-state index in [0.717, 1.165) is 5.56 Å². The average Bonchev–Trinajstić information content (AvgIpc) is 2.73. The molecule has 0 aliphatic carbocycles. The average molecular weight is 269 g/mol. The molecule has 2 unspecified atom stereocenters. The van der Waals surface area contributed by atoms with E-state index in [1.165, 1.54) is 0 Å². The van der Waals surface area contributed by atoms with Crippen LogP contribution in [0.3, 0.4) is 0 Å². The second kappa shape index (κ2) is 4.88. The van der Waals surface area contributed by atoms with Crippen molar-refractivity contribution >= 4 is 17.6 Å². The molecule has 2 rings (SSSR count). The van der Waals surface area contributed by atoms with Gasteiger partial charge < -0.3 is 10.8 Å². The van der Waals surface area contributed by atoms with E-state index in [1.54, 1.807) is 0 Å². The lowest BCUT2D eigenvalue weighted by Gasteiger charge is -2.26. The highest BCUT2D eigenvalue weighted by molar-refractivity contribution is 6.31. The van der Waals surface area contributed by atoms with Gasteiger partial charge in [-0.2, -0.15) is 0 Å². The number of aliphatic carboxylic acids is 1. The first-order chi connectivity index (χ1) is 8.44. The normalized spacial score (nSPS) is 26.2. The van der Waals surface area contributed by atoms with Gasteiger partial charge in [-0.3, -0.25) is 9.69 Å². The van der Waals surface area contributed by atoms with Gasteiger partial charge in [-0.15, -0.1) is 0 Å². The third-order valence-corrected chi connectivity index (χ3v) is 4.00. The Morgan fingerprint density at radius 1 is 1.56 bits per heavy atom. The van der Waals surface area contributed by atoms with E-state index in [9.17, 15) is 4.79 Å². The van der Waals surface area contributed by atoms with Gasteiger partial charge >= 0.3 is 5.97 Å². The number of hydrogen-bond acceptors (Lipinski definition) is 3. The number of hydrogen-bond donors (Lipinski definition) is 2. The van der Waals surface area contributed by atoms with Crippen molar-refractivity contribution in [1.29, 1.82) is 0 Å². The zero-order valence-electron chi connectivity index (χ0n) is 10.3. The number of carboxylic acid groups (broad SMARTS) is 1. The van der Waals surface area contributed by atoms with Crippen LogP contribution >= 0.6 is 11.6 Å². The summed E-state index contributed by atoms with van der Waals surface area (Å²) in [4.78, 5) is 13.2. The van der Waals surface area contributed by atoms with Crippen molar-refractivity contribution < 1.29 is 9.90 Å². The predicted molar refractivity (Wildman–Crippen MR) is 70.6 cm³/mol. The summed E-state index contributed by atoms with van der Waals surface area (Å²) in [6, 6.07) is 7.69. The first-order valence-electron chi connectivity index (χ1n) is 5.95. The molecule has 1 aliphatic heterocycles. The summed E-state index contributed by atoms with van der Waals surface area (Å²) in [6.45, 7) is 3.05. The molecule has 98 valence electrons. The smallest absolute Gasteiger partial charge is 0.325 e. The monoisotopic (exact) mass is 268 g/mol. The summed E-state index contributed by atoms with van der Waals surface area (Å²) in [5.74, 6) is -0.934. The first-order valence-corrected chi connectivity index (χ1v) is 6.32. The lowest BCUT2D eigenvalue weighted by Crippen LogP contribution is -2.50. The quantitative estimate of drug-likeness (QED) is 0.879. The maximum absolute atomic E-state index is 11.1. The van der Waals surface area contributed by atoms with Crippen molar-refractivity contribution in [1.82, 2.24) is 4.90 Å². The molecule has 1 saturated heterocycles. The third-order valence-electron chi connectivity index (χ3n) is 3.66. The lowest BCUT2D eigenvalue weighted by molar-refractivity contribution is -0.142. The molecule has 0 saturated carbocycles. The fourth-order valence-electron chi connectivity index (χ4n) is 2.38. The molecule has 5 heteroatoms. The zero-order valence-corrected chi connectivity index (χ0v) is 11.0. The summed E-state index contributed by atoms with van der Waals surface area (Å²) in [6.07, 6.45) is 0.469. The van der Waals surface area contributed by atoms with Crippen LogP contribution in [0.25, 0.3) is 0 Å². The van der Waals surface area contributed by atoms with Gasteiger partial charge in [0.1, 0.15) is 5.54 Å². The molecule has 18 heavy (non-hydrogen) atoms. The molecule has 2 atom stereocenters. The molecule has 0 amide bonds. The highest BCUT2D eigenvalue weighted by Crippen LogP contribution is 2.31.